The van der Waals surface area contributed by atoms with Crippen molar-refractivity contribution < 1.29 is 0 Å². The quantitative estimate of drug-likeness (QED) is 0.850. The highest BCUT2D eigenvalue weighted by molar-refractivity contribution is 7.11. The zero-order valence-electron chi connectivity index (χ0n) is 9.46. The molecule has 0 unspecified atom stereocenters. The molecule has 1 saturated carbocycles. The van der Waals surface area contributed by atoms with Gasteiger partial charge in [-0.3, -0.25) is 0 Å². The van der Waals surface area contributed by atoms with E-state index in [0.717, 1.165) is 19.0 Å². The molecule has 84 valence electrons. The fourth-order valence-corrected chi connectivity index (χ4v) is 2.94. The third-order valence-corrected chi connectivity index (χ3v) is 4.24. The monoisotopic (exact) mass is 224 g/mol. The zero-order chi connectivity index (χ0) is 10.5. The lowest BCUT2D eigenvalue weighted by atomic mass is 9.96. The van der Waals surface area contributed by atoms with Crippen molar-refractivity contribution in [1.29, 1.82) is 0 Å². The fourth-order valence-electron chi connectivity index (χ4n) is 2.13. The van der Waals surface area contributed by atoms with Crippen LogP contribution in [0.1, 0.15) is 48.9 Å². The van der Waals surface area contributed by atoms with E-state index in [9.17, 15) is 0 Å². The van der Waals surface area contributed by atoms with Crippen molar-refractivity contribution in [3.05, 3.63) is 16.1 Å². The van der Waals surface area contributed by atoms with Crippen LogP contribution in [0.2, 0.25) is 0 Å². The zero-order valence-corrected chi connectivity index (χ0v) is 10.3. The molecule has 0 aliphatic heterocycles. The Bertz CT molecular complexity index is 290. The van der Waals surface area contributed by atoms with Gasteiger partial charge in [-0.15, -0.1) is 11.3 Å². The van der Waals surface area contributed by atoms with E-state index in [-0.39, 0.29) is 0 Å². The summed E-state index contributed by atoms with van der Waals surface area (Å²) < 4.78 is 0. The number of hydrogen-bond donors (Lipinski definition) is 1. The van der Waals surface area contributed by atoms with Crippen LogP contribution in [0, 0.1) is 0 Å². The molecule has 1 aliphatic carbocycles. The van der Waals surface area contributed by atoms with Crippen LogP contribution < -0.4 is 5.32 Å². The van der Waals surface area contributed by atoms with Crippen molar-refractivity contribution in [2.75, 3.05) is 0 Å². The van der Waals surface area contributed by atoms with Gasteiger partial charge in [-0.1, -0.05) is 26.2 Å². The molecular formula is C12H20N2S. The smallest absolute Gasteiger partial charge is 0.107 e. The Morgan fingerprint density at radius 1 is 1.40 bits per heavy atom. The van der Waals surface area contributed by atoms with Gasteiger partial charge in [0.2, 0.25) is 0 Å². The molecule has 15 heavy (non-hydrogen) atoms. The Labute approximate surface area is 96.1 Å². The molecule has 0 atom stereocenters. The van der Waals surface area contributed by atoms with Crippen LogP contribution in [0.25, 0.3) is 0 Å². The first-order valence-corrected chi connectivity index (χ1v) is 6.87. The van der Waals surface area contributed by atoms with Crippen molar-refractivity contribution >= 4 is 11.3 Å². The molecule has 2 nitrogen and oxygen atoms in total. The van der Waals surface area contributed by atoms with Crippen molar-refractivity contribution in [3.63, 3.8) is 0 Å². The second kappa shape index (κ2) is 5.61. The van der Waals surface area contributed by atoms with Crippen LogP contribution in [0.15, 0.2) is 6.20 Å². The van der Waals surface area contributed by atoms with E-state index in [2.05, 4.69) is 17.2 Å². The molecule has 0 spiro atoms. The highest BCUT2D eigenvalue weighted by Gasteiger charge is 2.12. The minimum absolute atomic E-state index is 0.743. The Kier molecular flexibility index (Phi) is 4.15. The lowest BCUT2D eigenvalue weighted by Gasteiger charge is -2.22. The predicted octanol–water partition coefficient (Wildman–Crippen LogP) is 3.13. The van der Waals surface area contributed by atoms with Gasteiger partial charge in [0, 0.05) is 23.7 Å². The van der Waals surface area contributed by atoms with Crippen molar-refractivity contribution in [2.45, 2.75) is 58.0 Å². The molecule has 1 aromatic heterocycles. The first-order chi connectivity index (χ1) is 7.38. The van der Waals surface area contributed by atoms with Crippen LogP contribution in [0.5, 0.6) is 0 Å². The molecule has 0 amide bonds. The molecule has 0 aromatic carbocycles. The van der Waals surface area contributed by atoms with Crippen molar-refractivity contribution in [3.8, 4) is 0 Å². The number of rotatable bonds is 4. The van der Waals surface area contributed by atoms with E-state index >= 15 is 0 Å². The summed E-state index contributed by atoms with van der Waals surface area (Å²) in [7, 11) is 0. The van der Waals surface area contributed by atoms with Crippen LogP contribution in [0.3, 0.4) is 0 Å². The first kappa shape index (κ1) is 11.1. The molecule has 1 N–H and O–H groups in total. The van der Waals surface area contributed by atoms with Gasteiger partial charge in [-0.25, -0.2) is 4.98 Å². The molecule has 0 radical (unpaired) electrons. The van der Waals surface area contributed by atoms with Gasteiger partial charge in [-0.2, -0.15) is 0 Å². The van der Waals surface area contributed by atoms with Gasteiger partial charge >= 0.3 is 0 Å². The average Bonchev–Trinajstić information content (AvgIpc) is 2.76. The lowest BCUT2D eigenvalue weighted by Crippen LogP contribution is -2.30. The number of aryl methyl sites for hydroxylation is 1. The summed E-state index contributed by atoms with van der Waals surface area (Å²) in [6, 6.07) is 0.743. The van der Waals surface area contributed by atoms with E-state index in [1.807, 2.05) is 17.5 Å². The Hall–Kier alpha value is -0.410. The van der Waals surface area contributed by atoms with E-state index < -0.39 is 0 Å². The summed E-state index contributed by atoms with van der Waals surface area (Å²) in [4.78, 5) is 5.83. The molecular weight excluding hydrogens is 204 g/mol. The van der Waals surface area contributed by atoms with E-state index in [1.165, 1.54) is 42.0 Å². The Morgan fingerprint density at radius 3 is 2.87 bits per heavy atom. The van der Waals surface area contributed by atoms with Crippen molar-refractivity contribution in [2.24, 2.45) is 0 Å². The van der Waals surface area contributed by atoms with E-state index in [1.54, 1.807) is 0 Å². The third-order valence-electron chi connectivity index (χ3n) is 3.10. The van der Waals surface area contributed by atoms with Crippen LogP contribution in [-0.2, 0) is 13.0 Å². The number of nitrogens with one attached hydrogen (secondary N) is 1. The maximum Gasteiger partial charge on any atom is 0.107 e. The molecule has 3 heteroatoms. The Balaban J connectivity index is 1.76. The largest absolute Gasteiger partial charge is 0.308 e. The SMILES string of the molecule is CCc1cnc(CNC2CCCCC2)s1. The number of aromatic nitrogens is 1. The minimum Gasteiger partial charge on any atom is -0.308 e. The van der Waals surface area contributed by atoms with Gasteiger partial charge in [-0.05, 0) is 19.3 Å². The normalized spacial score (nSPS) is 18.2. The topological polar surface area (TPSA) is 24.9 Å². The summed E-state index contributed by atoms with van der Waals surface area (Å²) in [6.07, 6.45) is 10.1. The first-order valence-electron chi connectivity index (χ1n) is 6.05. The van der Waals surface area contributed by atoms with E-state index in [4.69, 9.17) is 0 Å². The van der Waals surface area contributed by atoms with Gasteiger partial charge in [0.05, 0.1) is 0 Å². The molecule has 1 aromatic rings. The molecule has 0 bridgehead atoms. The number of hydrogen-bond acceptors (Lipinski definition) is 3. The van der Waals surface area contributed by atoms with Gasteiger partial charge in [0.15, 0.2) is 0 Å². The highest BCUT2D eigenvalue weighted by atomic mass is 32.1. The second-order valence-corrected chi connectivity index (χ2v) is 5.49. The van der Waals surface area contributed by atoms with Crippen LogP contribution in [0.4, 0.5) is 0 Å². The average molecular weight is 224 g/mol. The van der Waals surface area contributed by atoms with Crippen LogP contribution in [-0.4, -0.2) is 11.0 Å². The maximum atomic E-state index is 4.43. The standard InChI is InChI=1S/C12H20N2S/c1-2-11-8-14-12(15-11)9-13-10-6-4-3-5-7-10/h8,10,13H,2-7,9H2,1H3. The van der Waals surface area contributed by atoms with Gasteiger partial charge in [0.25, 0.3) is 0 Å². The predicted molar refractivity (Wildman–Crippen MR) is 65.2 cm³/mol. The summed E-state index contributed by atoms with van der Waals surface area (Å²) >= 11 is 1.85. The van der Waals surface area contributed by atoms with Crippen molar-refractivity contribution in [1.82, 2.24) is 10.3 Å². The molecule has 1 fully saturated rings. The van der Waals surface area contributed by atoms with Crippen LogP contribution >= 0.6 is 11.3 Å². The molecule has 2 rings (SSSR count). The third kappa shape index (κ3) is 3.28. The summed E-state index contributed by atoms with van der Waals surface area (Å²) in [5, 5.41) is 4.87. The van der Waals surface area contributed by atoms with Gasteiger partial charge in [0.1, 0.15) is 5.01 Å². The summed E-state index contributed by atoms with van der Waals surface area (Å²) in [5.41, 5.74) is 0. The number of thiazole rings is 1. The highest BCUT2D eigenvalue weighted by Crippen LogP contribution is 2.19. The minimum atomic E-state index is 0.743. The Morgan fingerprint density at radius 2 is 2.20 bits per heavy atom. The summed E-state index contributed by atoms with van der Waals surface area (Å²) in [6.45, 7) is 3.15. The van der Waals surface area contributed by atoms with Gasteiger partial charge < -0.3 is 5.32 Å². The maximum absolute atomic E-state index is 4.43. The summed E-state index contributed by atoms with van der Waals surface area (Å²) in [5.74, 6) is 0. The second-order valence-electron chi connectivity index (χ2n) is 4.29. The molecule has 0 saturated heterocycles. The lowest BCUT2D eigenvalue weighted by molar-refractivity contribution is 0.372. The molecule has 1 aliphatic rings. The van der Waals surface area contributed by atoms with E-state index in [0.29, 0.717) is 0 Å². The fraction of sp³-hybridized carbons (Fsp3) is 0.750. The molecule has 1 heterocycles. The number of nitrogens with zero attached hydrogens (tertiary/aromatic N) is 1.